The molecule has 0 bridgehead atoms. The maximum Gasteiger partial charge on any atom is 0.327 e. The van der Waals surface area contributed by atoms with Crippen LogP contribution >= 0.6 is 0 Å². The highest BCUT2D eigenvalue weighted by Gasteiger charge is 2.57. The van der Waals surface area contributed by atoms with E-state index in [4.69, 9.17) is 4.74 Å². The Morgan fingerprint density at radius 1 is 1.06 bits per heavy atom. The lowest BCUT2D eigenvalue weighted by atomic mass is 9.85. The molecule has 166 valence electrons. The van der Waals surface area contributed by atoms with Crippen LogP contribution < -0.4 is 0 Å². The van der Waals surface area contributed by atoms with Crippen molar-refractivity contribution in [3.8, 4) is 0 Å². The van der Waals surface area contributed by atoms with Gasteiger partial charge in [0.25, 0.3) is 5.91 Å². The quantitative estimate of drug-likeness (QED) is 0.479. The van der Waals surface area contributed by atoms with Crippen molar-refractivity contribution in [2.45, 2.75) is 37.9 Å². The third-order valence-corrected chi connectivity index (χ3v) is 6.38. The molecule has 2 aliphatic rings. The third-order valence-electron chi connectivity index (χ3n) is 6.38. The molecule has 0 radical (unpaired) electrons. The normalized spacial score (nSPS) is 19.0. The molecular weight excluding hydrogens is 394 g/mol. The van der Waals surface area contributed by atoms with E-state index in [2.05, 4.69) is 10.00 Å². The summed E-state index contributed by atoms with van der Waals surface area (Å²) in [7, 11) is 3.57. The number of benzene rings is 1. The number of hydrogen-bond donors (Lipinski definition) is 0. The van der Waals surface area contributed by atoms with Crippen molar-refractivity contribution in [3.63, 3.8) is 0 Å². The molecule has 0 N–H and O–H groups in total. The van der Waals surface area contributed by atoms with Gasteiger partial charge in [0.05, 0.1) is 12.7 Å². The van der Waals surface area contributed by atoms with Gasteiger partial charge in [-0.05, 0) is 24.8 Å². The first-order valence-corrected chi connectivity index (χ1v) is 10.9. The highest BCUT2D eigenvalue weighted by atomic mass is 16.5. The Morgan fingerprint density at radius 2 is 1.81 bits per heavy atom. The van der Waals surface area contributed by atoms with Crippen molar-refractivity contribution in [3.05, 3.63) is 53.9 Å². The lowest BCUT2D eigenvalue weighted by Gasteiger charge is -2.42. The topological polar surface area (TPSA) is 70.9 Å². The zero-order valence-corrected chi connectivity index (χ0v) is 18.4. The number of aryl methyl sites for hydroxylation is 1. The summed E-state index contributed by atoms with van der Waals surface area (Å²) in [6, 6.07) is 9.54. The Bertz CT molecular complexity index is 905. The fourth-order valence-electron chi connectivity index (χ4n) is 4.74. The van der Waals surface area contributed by atoms with Crippen molar-refractivity contribution in [1.29, 1.82) is 0 Å². The Labute approximate surface area is 183 Å². The van der Waals surface area contributed by atoms with Crippen molar-refractivity contribution in [1.82, 2.24) is 24.5 Å². The second kappa shape index (κ2) is 9.20. The summed E-state index contributed by atoms with van der Waals surface area (Å²) < 4.78 is 7.00. The second-order valence-corrected chi connectivity index (χ2v) is 8.49. The van der Waals surface area contributed by atoms with Crippen LogP contribution in [0.3, 0.4) is 0 Å². The molecule has 0 atom stereocenters. The van der Waals surface area contributed by atoms with Gasteiger partial charge in [-0.1, -0.05) is 30.3 Å². The van der Waals surface area contributed by atoms with Gasteiger partial charge in [-0.2, -0.15) is 5.10 Å². The predicted octanol–water partition coefficient (Wildman–Crippen LogP) is 2.26. The molecule has 3 heterocycles. The number of carbonyl (C=O) groups excluding carboxylic acids is 2. The van der Waals surface area contributed by atoms with Crippen LogP contribution in [0.25, 0.3) is 0 Å². The summed E-state index contributed by atoms with van der Waals surface area (Å²) in [6.45, 7) is 3.78. The highest BCUT2D eigenvalue weighted by Crippen LogP contribution is 2.38. The van der Waals surface area contributed by atoms with Crippen LogP contribution in [0.4, 0.5) is 4.79 Å². The lowest BCUT2D eigenvalue weighted by molar-refractivity contribution is -0.136. The number of methoxy groups -OCH3 is 1. The van der Waals surface area contributed by atoms with E-state index >= 15 is 0 Å². The van der Waals surface area contributed by atoms with E-state index in [0.717, 1.165) is 37.2 Å². The van der Waals surface area contributed by atoms with Crippen molar-refractivity contribution < 1.29 is 14.3 Å². The van der Waals surface area contributed by atoms with E-state index in [0.29, 0.717) is 32.5 Å². The number of imide groups is 1. The monoisotopic (exact) mass is 425 g/mol. The molecule has 8 nitrogen and oxygen atoms in total. The first kappa shape index (κ1) is 21.5. The van der Waals surface area contributed by atoms with Gasteiger partial charge in [-0.3, -0.25) is 19.3 Å². The molecule has 0 unspecified atom stereocenters. The molecule has 1 aromatic heterocycles. The van der Waals surface area contributed by atoms with E-state index in [9.17, 15) is 9.59 Å². The molecule has 2 aromatic rings. The summed E-state index contributed by atoms with van der Waals surface area (Å²) in [5, 5.41) is 4.24. The highest BCUT2D eigenvalue weighted by molar-refractivity contribution is 6.07. The summed E-state index contributed by atoms with van der Waals surface area (Å²) in [6.07, 6.45) is 5.92. The SMILES string of the molecule is COCCCN1C(=O)N(Cc2ccccc2)C(=O)C12CCN(Cc1cnn(C)c1)CC2. The summed E-state index contributed by atoms with van der Waals surface area (Å²) >= 11 is 0. The average Bonchev–Trinajstić information content (AvgIpc) is 3.27. The van der Waals surface area contributed by atoms with Gasteiger partial charge in [0.2, 0.25) is 0 Å². The summed E-state index contributed by atoms with van der Waals surface area (Å²) in [5.41, 5.74) is 1.38. The molecule has 2 aliphatic heterocycles. The van der Waals surface area contributed by atoms with Crippen LogP contribution in [0.2, 0.25) is 0 Å². The fraction of sp³-hybridized carbons (Fsp3) is 0.522. The number of aromatic nitrogens is 2. The number of urea groups is 1. The van der Waals surface area contributed by atoms with E-state index in [1.807, 2.05) is 54.7 Å². The minimum Gasteiger partial charge on any atom is -0.385 e. The zero-order chi connectivity index (χ0) is 21.8. The van der Waals surface area contributed by atoms with E-state index in [-0.39, 0.29) is 11.9 Å². The van der Waals surface area contributed by atoms with Crippen molar-refractivity contribution in [2.75, 3.05) is 33.4 Å². The van der Waals surface area contributed by atoms with Crippen LogP contribution in [0.1, 0.15) is 30.4 Å². The number of nitrogens with zero attached hydrogens (tertiary/aromatic N) is 5. The molecule has 1 spiro atoms. The van der Waals surface area contributed by atoms with Crippen LogP contribution in [0, 0.1) is 0 Å². The number of likely N-dealkylation sites (tertiary alicyclic amines) is 1. The third kappa shape index (κ3) is 4.36. The molecule has 31 heavy (non-hydrogen) atoms. The first-order valence-electron chi connectivity index (χ1n) is 10.9. The molecule has 2 saturated heterocycles. The summed E-state index contributed by atoms with van der Waals surface area (Å²) in [5.74, 6) is -0.0557. The van der Waals surface area contributed by atoms with Gasteiger partial charge >= 0.3 is 6.03 Å². The minimum absolute atomic E-state index is 0.0557. The van der Waals surface area contributed by atoms with E-state index in [1.54, 1.807) is 11.8 Å². The zero-order valence-electron chi connectivity index (χ0n) is 18.4. The van der Waals surface area contributed by atoms with Crippen molar-refractivity contribution in [2.24, 2.45) is 7.05 Å². The molecule has 0 aliphatic carbocycles. The molecule has 4 rings (SSSR count). The maximum atomic E-state index is 13.6. The molecule has 3 amide bonds. The molecule has 2 fully saturated rings. The largest absolute Gasteiger partial charge is 0.385 e. The predicted molar refractivity (Wildman–Crippen MR) is 116 cm³/mol. The van der Waals surface area contributed by atoms with E-state index < -0.39 is 5.54 Å². The average molecular weight is 426 g/mol. The standard InChI is InChI=1S/C23H31N5O3/c1-25-16-20(15-24-25)17-26-12-9-23(10-13-26)21(29)27(18-19-7-4-3-5-8-19)22(30)28(23)11-6-14-31-2/h3-5,7-8,15-16H,6,9-14,17-18H2,1-2H3. The first-order chi connectivity index (χ1) is 15.0. The fourth-order valence-corrected chi connectivity index (χ4v) is 4.74. The Morgan fingerprint density at radius 3 is 2.45 bits per heavy atom. The molecular formula is C23H31N5O3. The van der Waals surface area contributed by atoms with E-state index in [1.165, 1.54) is 4.90 Å². The minimum atomic E-state index is -0.745. The Hall–Kier alpha value is -2.71. The number of rotatable bonds is 8. The van der Waals surface area contributed by atoms with Crippen molar-refractivity contribution >= 4 is 11.9 Å². The number of piperidine rings is 1. The lowest BCUT2D eigenvalue weighted by Crippen LogP contribution is -2.56. The Balaban J connectivity index is 1.50. The van der Waals surface area contributed by atoms with Gasteiger partial charge < -0.3 is 9.64 Å². The number of amides is 3. The summed E-state index contributed by atoms with van der Waals surface area (Å²) in [4.78, 5) is 32.5. The molecule has 8 heteroatoms. The smallest absolute Gasteiger partial charge is 0.327 e. The van der Waals surface area contributed by atoms with Crippen LogP contribution in [-0.2, 0) is 29.7 Å². The van der Waals surface area contributed by atoms with Gasteiger partial charge in [0, 0.05) is 58.7 Å². The van der Waals surface area contributed by atoms with Gasteiger partial charge in [-0.15, -0.1) is 0 Å². The van der Waals surface area contributed by atoms with Crippen LogP contribution in [0.5, 0.6) is 0 Å². The van der Waals surface area contributed by atoms with Gasteiger partial charge in [0.1, 0.15) is 5.54 Å². The van der Waals surface area contributed by atoms with Gasteiger partial charge in [0.15, 0.2) is 0 Å². The van der Waals surface area contributed by atoms with Gasteiger partial charge in [-0.25, -0.2) is 4.79 Å². The number of hydrogen-bond acceptors (Lipinski definition) is 5. The second-order valence-electron chi connectivity index (χ2n) is 8.49. The molecule has 0 saturated carbocycles. The number of ether oxygens (including phenoxy) is 1. The number of carbonyl (C=O) groups is 2. The van der Waals surface area contributed by atoms with Crippen LogP contribution in [0.15, 0.2) is 42.7 Å². The molecule has 1 aromatic carbocycles. The maximum absolute atomic E-state index is 13.6. The van der Waals surface area contributed by atoms with Crippen LogP contribution in [-0.4, -0.2) is 75.3 Å². The Kier molecular flexibility index (Phi) is 6.38.